The Bertz CT molecular complexity index is 470. The molecule has 0 heterocycles. The van der Waals surface area contributed by atoms with Crippen molar-refractivity contribution in [3.8, 4) is 0 Å². The zero-order valence-corrected chi connectivity index (χ0v) is 10.5. The Morgan fingerprint density at radius 3 is 2.53 bits per heavy atom. The van der Waals surface area contributed by atoms with Gasteiger partial charge in [0.1, 0.15) is 0 Å². The number of sulfonamides is 1. The van der Waals surface area contributed by atoms with Crippen LogP contribution in [-0.4, -0.2) is 30.8 Å². The highest BCUT2D eigenvalue weighted by molar-refractivity contribution is 7.90. The first-order valence-electron chi connectivity index (χ1n) is 6.08. The van der Waals surface area contributed by atoms with Crippen molar-refractivity contribution in [1.29, 1.82) is 0 Å². The van der Waals surface area contributed by atoms with Crippen LogP contribution in [0.25, 0.3) is 0 Å². The molecule has 0 bridgehead atoms. The van der Waals surface area contributed by atoms with Gasteiger partial charge in [-0.05, 0) is 37.0 Å². The van der Waals surface area contributed by atoms with Crippen molar-refractivity contribution < 1.29 is 18.3 Å². The van der Waals surface area contributed by atoms with Crippen LogP contribution in [0.1, 0.15) is 32.6 Å². The number of carboxylic acids is 1. The maximum absolute atomic E-state index is 11.8. The minimum Gasteiger partial charge on any atom is -0.481 e. The van der Waals surface area contributed by atoms with Crippen LogP contribution in [0.4, 0.5) is 0 Å². The van der Waals surface area contributed by atoms with Crippen molar-refractivity contribution in [2.24, 2.45) is 17.3 Å². The molecular weight excluding hydrogens is 242 g/mol. The smallest absolute Gasteiger partial charge is 0.307 e. The van der Waals surface area contributed by atoms with Crippen LogP contribution in [0.3, 0.4) is 0 Å². The summed E-state index contributed by atoms with van der Waals surface area (Å²) in [5, 5.41) is 8.91. The standard InChI is InChI=1S/C11H17NO4S/c1-11-5-8(11)9(4-7(11)10(13)14)12-17(15,16)6-2-3-6/h6-9,12H,2-5H2,1H3,(H,13,14). The van der Waals surface area contributed by atoms with Crippen LogP contribution in [-0.2, 0) is 14.8 Å². The lowest BCUT2D eigenvalue weighted by Gasteiger charge is -2.16. The Labute approximate surface area is 101 Å². The van der Waals surface area contributed by atoms with E-state index in [9.17, 15) is 13.2 Å². The molecule has 0 amide bonds. The van der Waals surface area contributed by atoms with Crippen molar-refractivity contribution in [2.75, 3.05) is 0 Å². The largest absolute Gasteiger partial charge is 0.481 e. The molecule has 4 unspecified atom stereocenters. The molecule has 3 saturated carbocycles. The van der Waals surface area contributed by atoms with Crippen molar-refractivity contribution >= 4 is 16.0 Å². The van der Waals surface area contributed by atoms with Crippen molar-refractivity contribution in [1.82, 2.24) is 4.72 Å². The van der Waals surface area contributed by atoms with E-state index < -0.39 is 16.0 Å². The Hall–Kier alpha value is -0.620. The summed E-state index contributed by atoms with van der Waals surface area (Å²) >= 11 is 0. The molecule has 4 atom stereocenters. The monoisotopic (exact) mass is 259 g/mol. The molecule has 5 nitrogen and oxygen atoms in total. The number of carbonyl (C=O) groups is 1. The van der Waals surface area contributed by atoms with Gasteiger partial charge in [0.05, 0.1) is 11.2 Å². The normalized spacial score (nSPS) is 44.4. The minimum atomic E-state index is -3.20. The van der Waals surface area contributed by atoms with Crippen molar-refractivity contribution in [3.05, 3.63) is 0 Å². The second kappa shape index (κ2) is 3.23. The van der Waals surface area contributed by atoms with E-state index in [1.165, 1.54) is 0 Å². The Kier molecular flexibility index (Phi) is 2.18. The van der Waals surface area contributed by atoms with Crippen LogP contribution in [0.5, 0.6) is 0 Å². The maximum Gasteiger partial charge on any atom is 0.307 e. The lowest BCUT2D eigenvalue weighted by atomic mass is 9.92. The van der Waals surface area contributed by atoms with E-state index in [2.05, 4.69) is 4.72 Å². The molecule has 3 aliphatic carbocycles. The summed E-state index contributed by atoms with van der Waals surface area (Å²) in [6, 6.07) is -0.160. The summed E-state index contributed by atoms with van der Waals surface area (Å²) in [7, 11) is -3.20. The molecule has 3 fully saturated rings. The highest BCUT2D eigenvalue weighted by Crippen LogP contribution is 2.66. The van der Waals surface area contributed by atoms with Gasteiger partial charge in [0, 0.05) is 6.04 Å². The number of carboxylic acid groups (broad SMARTS) is 1. The Morgan fingerprint density at radius 2 is 2.06 bits per heavy atom. The van der Waals surface area contributed by atoms with Crippen LogP contribution < -0.4 is 4.72 Å². The number of fused-ring (bicyclic) bond motifs is 1. The van der Waals surface area contributed by atoms with E-state index >= 15 is 0 Å². The van der Waals surface area contributed by atoms with Gasteiger partial charge in [-0.1, -0.05) is 6.92 Å². The van der Waals surface area contributed by atoms with Gasteiger partial charge < -0.3 is 5.11 Å². The van der Waals surface area contributed by atoms with E-state index in [-0.39, 0.29) is 28.5 Å². The van der Waals surface area contributed by atoms with Gasteiger partial charge in [0.25, 0.3) is 0 Å². The van der Waals surface area contributed by atoms with Gasteiger partial charge in [-0.15, -0.1) is 0 Å². The topological polar surface area (TPSA) is 83.5 Å². The number of nitrogens with one attached hydrogen (secondary N) is 1. The highest BCUT2D eigenvalue weighted by atomic mass is 32.2. The molecular formula is C11H17NO4S. The minimum absolute atomic E-state index is 0.160. The fraction of sp³-hybridized carbons (Fsp3) is 0.909. The molecule has 3 aliphatic rings. The Morgan fingerprint density at radius 1 is 1.41 bits per heavy atom. The first kappa shape index (κ1) is 11.5. The zero-order chi connectivity index (χ0) is 12.4. The van der Waals surface area contributed by atoms with Gasteiger partial charge in [-0.25, -0.2) is 13.1 Å². The lowest BCUT2D eigenvalue weighted by Crippen LogP contribution is -2.38. The second-order valence-electron chi connectivity index (χ2n) is 5.91. The fourth-order valence-electron chi connectivity index (χ4n) is 3.30. The average molecular weight is 259 g/mol. The van der Waals surface area contributed by atoms with Gasteiger partial charge in [-0.3, -0.25) is 4.79 Å². The molecule has 0 aromatic carbocycles. The summed E-state index contributed by atoms with van der Waals surface area (Å²) in [4.78, 5) is 11.1. The molecule has 0 radical (unpaired) electrons. The number of hydrogen-bond acceptors (Lipinski definition) is 3. The predicted molar refractivity (Wildman–Crippen MR) is 60.8 cm³/mol. The average Bonchev–Trinajstić information content (AvgIpc) is 3.06. The molecule has 0 aliphatic heterocycles. The van der Waals surface area contributed by atoms with Gasteiger partial charge in [0.15, 0.2) is 0 Å². The third kappa shape index (κ3) is 1.69. The van der Waals surface area contributed by atoms with Crippen LogP contribution in [0.2, 0.25) is 0 Å². The molecule has 2 N–H and O–H groups in total. The molecule has 96 valence electrons. The van der Waals surface area contributed by atoms with Crippen LogP contribution in [0.15, 0.2) is 0 Å². The lowest BCUT2D eigenvalue weighted by molar-refractivity contribution is -0.143. The first-order chi connectivity index (χ1) is 7.84. The fourth-order valence-corrected chi connectivity index (χ4v) is 4.94. The molecule has 3 rings (SSSR count). The van der Waals surface area contributed by atoms with E-state index in [1.54, 1.807) is 0 Å². The number of rotatable bonds is 4. The van der Waals surface area contributed by atoms with Crippen molar-refractivity contribution in [2.45, 2.75) is 43.9 Å². The summed E-state index contributed by atoms with van der Waals surface area (Å²) in [5.74, 6) is -0.959. The van der Waals surface area contributed by atoms with E-state index in [4.69, 9.17) is 5.11 Å². The maximum atomic E-state index is 11.8. The summed E-state index contributed by atoms with van der Waals surface area (Å²) in [6.45, 7) is 1.96. The molecule has 0 aromatic rings. The zero-order valence-electron chi connectivity index (χ0n) is 9.72. The quantitative estimate of drug-likeness (QED) is 0.773. The molecule has 0 saturated heterocycles. The summed E-state index contributed by atoms with van der Waals surface area (Å²) < 4.78 is 26.4. The number of hydrogen-bond donors (Lipinski definition) is 2. The second-order valence-corrected chi connectivity index (χ2v) is 7.90. The van der Waals surface area contributed by atoms with E-state index in [0.717, 1.165) is 19.3 Å². The van der Waals surface area contributed by atoms with Gasteiger partial charge in [-0.2, -0.15) is 0 Å². The van der Waals surface area contributed by atoms with Crippen LogP contribution >= 0.6 is 0 Å². The first-order valence-corrected chi connectivity index (χ1v) is 7.63. The third-order valence-electron chi connectivity index (χ3n) is 4.69. The van der Waals surface area contributed by atoms with Gasteiger partial charge >= 0.3 is 5.97 Å². The summed E-state index contributed by atoms with van der Waals surface area (Å²) in [5.41, 5.74) is -0.178. The van der Waals surface area contributed by atoms with E-state index in [1.807, 2.05) is 6.92 Å². The Balaban J connectivity index is 1.73. The van der Waals surface area contributed by atoms with E-state index in [0.29, 0.717) is 6.42 Å². The molecule has 0 spiro atoms. The molecule has 6 heteroatoms. The molecule has 17 heavy (non-hydrogen) atoms. The molecule has 0 aromatic heterocycles. The third-order valence-corrected chi connectivity index (χ3v) is 6.68. The highest BCUT2D eigenvalue weighted by Gasteiger charge is 2.66. The van der Waals surface area contributed by atoms with Gasteiger partial charge in [0.2, 0.25) is 10.0 Å². The van der Waals surface area contributed by atoms with Crippen LogP contribution in [0, 0.1) is 17.3 Å². The SMILES string of the molecule is CC12CC1C(NS(=O)(=O)C1CC1)CC2C(=O)O. The number of aliphatic carboxylic acids is 1. The van der Waals surface area contributed by atoms with Crippen molar-refractivity contribution in [3.63, 3.8) is 0 Å². The summed E-state index contributed by atoms with van der Waals surface area (Å²) in [6.07, 6.45) is 2.77. The predicted octanol–water partition coefficient (Wildman–Crippen LogP) is 0.567.